The van der Waals surface area contributed by atoms with Crippen LogP contribution < -0.4 is 0 Å². The Morgan fingerprint density at radius 2 is 2.00 bits per heavy atom. The van der Waals surface area contributed by atoms with Crippen molar-refractivity contribution in [2.75, 3.05) is 0 Å². The topological polar surface area (TPSA) is 17.1 Å². The summed E-state index contributed by atoms with van der Waals surface area (Å²) in [4.78, 5) is 10.3. The molecule has 1 atom stereocenters. The summed E-state index contributed by atoms with van der Waals surface area (Å²) in [5.41, 5.74) is 2.27. The van der Waals surface area contributed by atoms with Gasteiger partial charge in [0.1, 0.15) is 6.29 Å². The summed E-state index contributed by atoms with van der Waals surface area (Å²) in [6, 6.07) is 0. The van der Waals surface area contributed by atoms with Crippen molar-refractivity contribution in [1.82, 2.24) is 0 Å². The van der Waals surface area contributed by atoms with E-state index in [9.17, 15) is 4.79 Å². The summed E-state index contributed by atoms with van der Waals surface area (Å²) in [6.45, 7) is 11.7. The third-order valence-electron chi connectivity index (χ3n) is 2.00. The molecule has 0 aliphatic rings. The highest BCUT2D eigenvalue weighted by Crippen LogP contribution is 2.19. The fourth-order valence-electron chi connectivity index (χ4n) is 1.10. The Balaban J connectivity index is 3.86. The lowest BCUT2D eigenvalue weighted by molar-refractivity contribution is -0.108. The average Bonchev–Trinajstić information content (AvgIpc) is 1.96. The minimum absolute atomic E-state index is 0.346. The highest BCUT2D eigenvalue weighted by molar-refractivity contribution is 5.50. The van der Waals surface area contributed by atoms with Crippen LogP contribution in [0.2, 0.25) is 0 Å². The largest absolute Gasteiger partial charge is 0.303 e. The zero-order chi connectivity index (χ0) is 9.56. The van der Waals surface area contributed by atoms with Gasteiger partial charge in [-0.05, 0) is 32.6 Å². The molecule has 0 aromatic rings. The molecular weight excluding hydrogens is 148 g/mol. The maximum atomic E-state index is 10.3. The van der Waals surface area contributed by atoms with Crippen LogP contribution in [0.4, 0.5) is 0 Å². The van der Waals surface area contributed by atoms with E-state index in [0.717, 1.165) is 24.7 Å². The van der Waals surface area contributed by atoms with Crippen molar-refractivity contribution < 1.29 is 4.79 Å². The van der Waals surface area contributed by atoms with E-state index in [4.69, 9.17) is 0 Å². The first-order chi connectivity index (χ1) is 5.57. The van der Waals surface area contributed by atoms with Crippen LogP contribution in [0.15, 0.2) is 24.3 Å². The first-order valence-corrected chi connectivity index (χ1v) is 4.31. The van der Waals surface area contributed by atoms with Gasteiger partial charge >= 0.3 is 0 Å². The van der Waals surface area contributed by atoms with Crippen molar-refractivity contribution in [2.24, 2.45) is 5.92 Å². The fraction of sp³-hybridized carbons (Fsp3) is 0.545. The zero-order valence-electron chi connectivity index (χ0n) is 8.10. The Morgan fingerprint density at radius 3 is 2.33 bits per heavy atom. The van der Waals surface area contributed by atoms with Gasteiger partial charge in [-0.3, -0.25) is 0 Å². The average molecular weight is 166 g/mol. The highest BCUT2D eigenvalue weighted by atomic mass is 16.1. The fourth-order valence-corrected chi connectivity index (χ4v) is 1.10. The van der Waals surface area contributed by atoms with E-state index in [1.165, 1.54) is 5.57 Å². The molecule has 68 valence electrons. The number of rotatable bonds is 6. The predicted molar refractivity (Wildman–Crippen MR) is 53.0 cm³/mol. The molecule has 0 spiro atoms. The van der Waals surface area contributed by atoms with Crippen LogP contribution >= 0.6 is 0 Å². The molecule has 1 unspecified atom stereocenters. The van der Waals surface area contributed by atoms with Crippen molar-refractivity contribution in [3.8, 4) is 0 Å². The molecule has 0 aliphatic carbocycles. The van der Waals surface area contributed by atoms with E-state index in [2.05, 4.69) is 13.2 Å². The number of aldehydes is 1. The summed E-state index contributed by atoms with van der Waals surface area (Å²) in [7, 11) is 0. The molecule has 1 nitrogen and oxygen atoms in total. The van der Waals surface area contributed by atoms with E-state index in [0.29, 0.717) is 12.3 Å². The number of allylic oxidation sites excluding steroid dienone is 2. The first-order valence-electron chi connectivity index (χ1n) is 4.31. The smallest absolute Gasteiger partial charge is 0.120 e. The molecule has 0 aromatic heterocycles. The standard InChI is InChI=1S/C11H18O/c1-9(2)5-6-11(7-8-12)10(3)4/h8,11H,1,3,5-7H2,2,4H3. The first kappa shape index (κ1) is 11.2. The lowest BCUT2D eigenvalue weighted by Gasteiger charge is -2.13. The molecule has 0 radical (unpaired) electrons. The maximum absolute atomic E-state index is 10.3. The lowest BCUT2D eigenvalue weighted by atomic mass is 9.92. The second kappa shape index (κ2) is 5.76. The maximum Gasteiger partial charge on any atom is 0.120 e. The molecule has 0 aromatic carbocycles. The van der Waals surface area contributed by atoms with Crippen molar-refractivity contribution in [3.63, 3.8) is 0 Å². The molecule has 0 aliphatic heterocycles. The van der Waals surface area contributed by atoms with Gasteiger partial charge in [0.15, 0.2) is 0 Å². The monoisotopic (exact) mass is 166 g/mol. The Kier molecular flexibility index (Phi) is 5.35. The third kappa shape index (κ3) is 4.89. The SMILES string of the molecule is C=C(C)CCC(CC=O)C(=C)C. The van der Waals surface area contributed by atoms with E-state index < -0.39 is 0 Å². The van der Waals surface area contributed by atoms with Crippen LogP contribution in [0.1, 0.15) is 33.1 Å². The summed E-state index contributed by atoms with van der Waals surface area (Å²) in [5.74, 6) is 0.346. The van der Waals surface area contributed by atoms with E-state index in [1.54, 1.807) is 0 Å². The summed E-state index contributed by atoms with van der Waals surface area (Å²) < 4.78 is 0. The van der Waals surface area contributed by atoms with E-state index in [-0.39, 0.29) is 0 Å². The van der Waals surface area contributed by atoms with Gasteiger partial charge in [0.2, 0.25) is 0 Å². The second-order valence-electron chi connectivity index (χ2n) is 3.44. The van der Waals surface area contributed by atoms with E-state index >= 15 is 0 Å². The van der Waals surface area contributed by atoms with Gasteiger partial charge in [-0.2, -0.15) is 0 Å². The summed E-state index contributed by atoms with van der Waals surface area (Å²) in [6.07, 6.45) is 3.56. The van der Waals surface area contributed by atoms with Gasteiger partial charge in [-0.25, -0.2) is 0 Å². The van der Waals surface area contributed by atoms with Gasteiger partial charge in [0.25, 0.3) is 0 Å². The lowest BCUT2D eigenvalue weighted by Crippen LogP contribution is -2.02. The van der Waals surface area contributed by atoms with Gasteiger partial charge in [0, 0.05) is 6.42 Å². The summed E-state index contributed by atoms with van der Waals surface area (Å²) in [5, 5.41) is 0. The highest BCUT2D eigenvalue weighted by Gasteiger charge is 2.07. The minimum atomic E-state index is 0.346. The Hall–Kier alpha value is -0.850. The van der Waals surface area contributed by atoms with Crippen molar-refractivity contribution >= 4 is 6.29 Å². The molecule has 0 N–H and O–H groups in total. The molecule has 1 heteroatoms. The Bertz CT molecular complexity index is 179. The van der Waals surface area contributed by atoms with Crippen LogP contribution in [0.25, 0.3) is 0 Å². The molecule has 0 saturated carbocycles. The predicted octanol–water partition coefficient (Wildman–Crippen LogP) is 3.12. The molecular formula is C11H18O. The van der Waals surface area contributed by atoms with Crippen molar-refractivity contribution in [2.45, 2.75) is 33.1 Å². The second-order valence-corrected chi connectivity index (χ2v) is 3.44. The van der Waals surface area contributed by atoms with Gasteiger partial charge in [0.05, 0.1) is 0 Å². The van der Waals surface area contributed by atoms with Gasteiger partial charge in [-0.1, -0.05) is 17.7 Å². The molecule has 0 amide bonds. The molecule has 12 heavy (non-hydrogen) atoms. The quantitative estimate of drug-likeness (QED) is 0.437. The van der Waals surface area contributed by atoms with Crippen LogP contribution in [-0.2, 0) is 4.79 Å². The van der Waals surface area contributed by atoms with E-state index in [1.807, 2.05) is 13.8 Å². The Morgan fingerprint density at radius 1 is 1.42 bits per heavy atom. The van der Waals surface area contributed by atoms with Gasteiger partial charge < -0.3 is 4.79 Å². The summed E-state index contributed by atoms with van der Waals surface area (Å²) >= 11 is 0. The molecule has 0 heterocycles. The molecule has 0 fully saturated rings. The molecule has 0 saturated heterocycles. The number of carbonyl (C=O) groups is 1. The minimum Gasteiger partial charge on any atom is -0.303 e. The van der Waals surface area contributed by atoms with Crippen LogP contribution in [0.3, 0.4) is 0 Å². The van der Waals surface area contributed by atoms with Crippen LogP contribution in [0.5, 0.6) is 0 Å². The van der Waals surface area contributed by atoms with Crippen LogP contribution in [0, 0.1) is 5.92 Å². The van der Waals surface area contributed by atoms with Gasteiger partial charge in [-0.15, -0.1) is 6.58 Å². The number of carbonyl (C=O) groups excluding carboxylic acids is 1. The zero-order valence-corrected chi connectivity index (χ0v) is 8.10. The van der Waals surface area contributed by atoms with Crippen LogP contribution in [-0.4, -0.2) is 6.29 Å². The number of hydrogen-bond acceptors (Lipinski definition) is 1. The van der Waals surface area contributed by atoms with Crippen molar-refractivity contribution in [3.05, 3.63) is 24.3 Å². The van der Waals surface area contributed by atoms with Crippen molar-refractivity contribution in [1.29, 1.82) is 0 Å². The third-order valence-corrected chi connectivity index (χ3v) is 2.00. The Labute approximate surface area is 75.2 Å². The number of hydrogen-bond donors (Lipinski definition) is 0. The molecule has 0 rings (SSSR count). The normalized spacial score (nSPS) is 12.2. The molecule has 0 bridgehead atoms.